The first-order valence-electron chi connectivity index (χ1n) is 6.19. The van der Waals surface area contributed by atoms with Crippen molar-refractivity contribution in [1.82, 2.24) is 34.9 Å². The minimum atomic E-state index is 0.274. The number of H-pyrrole nitrogens is 1. The third kappa shape index (κ3) is 1.34. The van der Waals surface area contributed by atoms with Crippen molar-refractivity contribution in [2.75, 3.05) is 6.54 Å². The number of aromatic nitrogens is 6. The van der Waals surface area contributed by atoms with Gasteiger partial charge in [0.25, 0.3) is 0 Å². The third-order valence-electron chi connectivity index (χ3n) is 3.48. The van der Waals surface area contributed by atoms with Crippen LogP contribution in [0.4, 0.5) is 0 Å². The second kappa shape index (κ2) is 3.74. The Morgan fingerprint density at radius 2 is 2.22 bits per heavy atom. The summed E-state index contributed by atoms with van der Waals surface area (Å²) in [5.41, 5.74) is 2.31. The average Bonchev–Trinajstić information content (AvgIpc) is 3.05. The second-order valence-corrected chi connectivity index (χ2v) is 4.60. The Kier molecular flexibility index (Phi) is 2.07. The van der Waals surface area contributed by atoms with E-state index in [0.717, 1.165) is 30.0 Å². The van der Waals surface area contributed by atoms with E-state index in [4.69, 9.17) is 0 Å². The van der Waals surface area contributed by atoms with Crippen LogP contribution in [0.1, 0.15) is 31.1 Å². The number of hydrogen-bond donors (Lipinski definition) is 2. The highest BCUT2D eigenvalue weighted by molar-refractivity contribution is 5.84. The van der Waals surface area contributed by atoms with Crippen molar-refractivity contribution in [3.05, 3.63) is 18.5 Å². The standard InChI is InChI=1S/C11H13N7/c1-2-4-12-7(3-1)10-16-17-11-8-9(14-5-13-8)15-6-18(10)11/h5-7,12H,1-4H2,(H,13,14). The number of hydrogen-bond acceptors (Lipinski definition) is 5. The van der Waals surface area contributed by atoms with Crippen molar-refractivity contribution in [3.63, 3.8) is 0 Å². The van der Waals surface area contributed by atoms with E-state index in [-0.39, 0.29) is 6.04 Å². The van der Waals surface area contributed by atoms with Crippen LogP contribution in [0.5, 0.6) is 0 Å². The van der Waals surface area contributed by atoms with Gasteiger partial charge in [-0.15, -0.1) is 10.2 Å². The number of imidazole rings is 1. The van der Waals surface area contributed by atoms with Crippen LogP contribution in [0.3, 0.4) is 0 Å². The molecule has 0 saturated carbocycles. The average molecular weight is 243 g/mol. The number of nitrogens with zero attached hydrogens (tertiary/aromatic N) is 5. The van der Waals surface area contributed by atoms with E-state index in [9.17, 15) is 0 Å². The number of nitrogens with one attached hydrogen (secondary N) is 2. The number of fused-ring (bicyclic) bond motifs is 3. The Balaban J connectivity index is 1.90. The highest BCUT2D eigenvalue weighted by Gasteiger charge is 2.21. The zero-order chi connectivity index (χ0) is 11.9. The van der Waals surface area contributed by atoms with Gasteiger partial charge in [-0.1, -0.05) is 6.42 Å². The summed E-state index contributed by atoms with van der Waals surface area (Å²) in [6, 6.07) is 0.274. The van der Waals surface area contributed by atoms with Crippen molar-refractivity contribution in [3.8, 4) is 0 Å². The summed E-state index contributed by atoms with van der Waals surface area (Å²) in [6.45, 7) is 1.04. The largest absolute Gasteiger partial charge is 0.340 e. The molecular weight excluding hydrogens is 230 g/mol. The third-order valence-corrected chi connectivity index (χ3v) is 3.48. The molecule has 1 fully saturated rings. The number of piperidine rings is 1. The number of rotatable bonds is 1. The Morgan fingerprint density at radius 3 is 3.11 bits per heavy atom. The molecule has 4 heterocycles. The predicted molar refractivity (Wildman–Crippen MR) is 65.0 cm³/mol. The first-order valence-corrected chi connectivity index (χ1v) is 6.19. The molecule has 0 radical (unpaired) electrons. The quantitative estimate of drug-likeness (QED) is 0.661. The van der Waals surface area contributed by atoms with Gasteiger partial charge in [-0.05, 0) is 19.4 Å². The lowest BCUT2D eigenvalue weighted by Crippen LogP contribution is -2.28. The highest BCUT2D eigenvalue weighted by atomic mass is 15.3. The predicted octanol–water partition coefficient (Wildman–Crippen LogP) is 0.815. The van der Waals surface area contributed by atoms with Crippen LogP contribution in [-0.4, -0.2) is 36.1 Å². The van der Waals surface area contributed by atoms with E-state index < -0.39 is 0 Å². The van der Waals surface area contributed by atoms with Crippen molar-refractivity contribution in [2.24, 2.45) is 0 Å². The van der Waals surface area contributed by atoms with Crippen LogP contribution in [0.25, 0.3) is 16.8 Å². The molecule has 1 saturated heterocycles. The summed E-state index contributed by atoms with van der Waals surface area (Å²) in [7, 11) is 0. The van der Waals surface area contributed by atoms with E-state index >= 15 is 0 Å². The van der Waals surface area contributed by atoms with Crippen molar-refractivity contribution in [1.29, 1.82) is 0 Å². The fraction of sp³-hybridized carbons (Fsp3) is 0.455. The minimum absolute atomic E-state index is 0.274. The molecular formula is C11H13N7. The van der Waals surface area contributed by atoms with E-state index in [1.54, 1.807) is 12.7 Å². The van der Waals surface area contributed by atoms with Gasteiger partial charge in [-0.2, -0.15) is 0 Å². The van der Waals surface area contributed by atoms with E-state index in [1.807, 2.05) is 4.40 Å². The van der Waals surface area contributed by atoms with Gasteiger partial charge in [0.05, 0.1) is 12.4 Å². The van der Waals surface area contributed by atoms with Crippen molar-refractivity contribution < 1.29 is 0 Å². The lowest BCUT2D eigenvalue weighted by molar-refractivity contribution is 0.395. The van der Waals surface area contributed by atoms with E-state index in [1.165, 1.54) is 12.8 Å². The van der Waals surface area contributed by atoms with Crippen LogP contribution in [0, 0.1) is 0 Å². The molecule has 92 valence electrons. The molecule has 7 nitrogen and oxygen atoms in total. The monoisotopic (exact) mass is 243 g/mol. The maximum atomic E-state index is 4.31. The summed E-state index contributed by atoms with van der Waals surface area (Å²) in [4.78, 5) is 11.5. The fourth-order valence-electron chi connectivity index (χ4n) is 2.56. The summed E-state index contributed by atoms with van der Waals surface area (Å²) in [5.74, 6) is 0.939. The normalized spacial score (nSPS) is 20.8. The minimum Gasteiger partial charge on any atom is -0.340 e. The number of aromatic amines is 1. The van der Waals surface area contributed by atoms with Gasteiger partial charge in [-0.25, -0.2) is 9.97 Å². The van der Waals surface area contributed by atoms with Crippen LogP contribution in [-0.2, 0) is 0 Å². The molecule has 0 aromatic carbocycles. The molecule has 18 heavy (non-hydrogen) atoms. The lowest BCUT2D eigenvalue weighted by Gasteiger charge is -2.21. The van der Waals surface area contributed by atoms with Gasteiger partial charge < -0.3 is 10.3 Å². The molecule has 1 atom stereocenters. The Bertz CT molecular complexity index is 692. The first kappa shape index (κ1) is 9.95. The molecule has 7 heteroatoms. The molecule has 4 rings (SSSR count). The van der Waals surface area contributed by atoms with Gasteiger partial charge in [0.2, 0.25) is 0 Å². The Morgan fingerprint density at radius 1 is 1.22 bits per heavy atom. The maximum absolute atomic E-state index is 4.31. The van der Waals surface area contributed by atoms with Gasteiger partial charge in [0.15, 0.2) is 17.1 Å². The first-order chi connectivity index (χ1) is 8.93. The molecule has 1 aliphatic rings. The molecule has 0 bridgehead atoms. The van der Waals surface area contributed by atoms with Crippen LogP contribution < -0.4 is 5.32 Å². The van der Waals surface area contributed by atoms with Gasteiger partial charge in [-0.3, -0.25) is 4.40 Å². The van der Waals surface area contributed by atoms with Gasteiger partial charge in [0.1, 0.15) is 11.8 Å². The molecule has 3 aromatic rings. The molecule has 3 aromatic heterocycles. The van der Waals surface area contributed by atoms with Crippen LogP contribution in [0.2, 0.25) is 0 Å². The molecule has 0 spiro atoms. The molecule has 1 aliphatic heterocycles. The second-order valence-electron chi connectivity index (χ2n) is 4.60. The van der Waals surface area contributed by atoms with E-state index in [0.29, 0.717) is 5.65 Å². The summed E-state index contributed by atoms with van der Waals surface area (Å²) in [6.07, 6.45) is 6.94. The molecule has 0 aliphatic carbocycles. The van der Waals surface area contributed by atoms with Crippen molar-refractivity contribution in [2.45, 2.75) is 25.3 Å². The van der Waals surface area contributed by atoms with Gasteiger partial charge >= 0.3 is 0 Å². The smallest absolute Gasteiger partial charge is 0.189 e. The molecule has 0 amide bonds. The maximum Gasteiger partial charge on any atom is 0.189 e. The van der Waals surface area contributed by atoms with Crippen molar-refractivity contribution >= 4 is 16.8 Å². The molecule has 1 unspecified atom stereocenters. The van der Waals surface area contributed by atoms with Crippen LogP contribution >= 0.6 is 0 Å². The SMILES string of the molecule is c1nc2ncn3c(C4CCCCN4)nnc3c2[nH]1. The van der Waals surface area contributed by atoms with Crippen LogP contribution in [0.15, 0.2) is 12.7 Å². The summed E-state index contributed by atoms with van der Waals surface area (Å²) >= 11 is 0. The lowest BCUT2D eigenvalue weighted by atomic mass is 10.0. The topological polar surface area (TPSA) is 83.8 Å². The highest BCUT2D eigenvalue weighted by Crippen LogP contribution is 2.23. The Labute approximate surface area is 103 Å². The zero-order valence-electron chi connectivity index (χ0n) is 9.80. The van der Waals surface area contributed by atoms with Gasteiger partial charge in [0, 0.05) is 0 Å². The zero-order valence-corrected chi connectivity index (χ0v) is 9.80. The Hall–Kier alpha value is -2.02. The van der Waals surface area contributed by atoms with E-state index in [2.05, 4.69) is 30.5 Å². The summed E-state index contributed by atoms with van der Waals surface area (Å²) < 4.78 is 1.95. The summed E-state index contributed by atoms with van der Waals surface area (Å²) in [5, 5.41) is 12.0. The molecule has 2 N–H and O–H groups in total. The fourth-order valence-corrected chi connectivity index (χ4v) is 2.56.